The zero-order valence-corrected chi connectivity index (χ0v) is 14.7. The van der Waals surface area contributed by atoms with E-state index in [1.54, 1.807) is 11.3 Å². The monoisotopic (exact) mass is 329 g/mol. The van der Waals surface area contributed by atoms with Gasteiger partial charge in [0.15, 0.2) is 6.20 Å². The second-order valence-electron chi connectivity index (χ2n) is 6.23. The van der Waals surface area contributed by atoms with Crippen LogP contribution < -0.4 is 4.57 Å². The highest BCUT2D eigenvalue weighted by Crippen LogP contribution is 2.41. The highest BCUT2D eigenvalue weighted by atomic mass is 32.1. The molecule has 0 bridgehead atoms. The number of aromatic nitrogens is 1. The summed E-state index contributed by atoms with van der Waals surface area (Å²) in [6, 6.07) is 17.0. The molecule has 0 atom stereocenters. The van der Waals surface area contributed by atoms with Crippen molar-refractivity contribution in [3.63, 3.8) is 0 Å². The Morgan fingerprint density at radius 2 is 1.88 bits per heavy atom. The van der Waals surface area contributed by atoms with Crippen molar-refractivity contribution in [1.29, 1.82) is 5.26 Å². The third-order valence-electron chi connectivity index (χ3n) is 4.53. The Kier molecular flexibility index (Phi) is 3.37. The zero-order valence-electron chi connectivity index (χ0n) is 13.9. The summed E-state index contributed by atoms with van der Waals surface area (Å²) in [5.74, 6) is 0. The minimum atomic E-state index is 0.752. The first-order valence-corrected chi connectivity index (χ1v) is 8.73. The molecule has 4 rings (SSSR count). The largest absolute Gasteiger partial charge is 0.213 e. The van der Waals surface area contributed by atoms with Crippen LogP contribution in [0.4, 0.5) is 0 Å². The molecule has 0 aliphatic carbocycles. The van der Waals surface area contributed by atoms with Gasteiger partial charge in [-0.3, -0.25) is 0 Å². The van der Waals surface area contributed by atoms with Crippen LogP contribution in [0.2, 0.25) is 0 Å². The smallest absolute Gasteiger partial charge is 0.201 e. The van der Waals surface area contributed by atoms with Gasteiger partial charge in [-0.2, -0.15) is 5.26 Å². The van der Waals surface area contributed by atoms with Crippen molar-refractivity contribution in [3.8, 4) is 17.3 Å². The van der Waals surface area contributed by atoms with Gasteiger partial charge in [-0.15, -0.1) is 11.3 Å². The van der Waals surface area contributed by atoms with E-state index in [1.807, 2.05) is 12.1 Å². The molecule has 0 saturated carbocycles. The number of hydrogen-bond acceptors (Lipinski definition) is 2. The summed E-state index contributed by atoms with van der Waals surface area (Å²) in [7, 11) is 2.09. The van der Waals surface area contributed by atoms with E-state index in [9.17, 15) is 5.26 Å². The number of fused-ring (bicyclic) bond motifs is 3. The van der Waals surface area contributed by atoms with Crippen LogP contribution in [0.25, 0.3) is 31.4 Å². The van der Waals surface area contributed by atoms with Crippen LogP contribution in [0.15, 0.2) is 48.7 Å². The number of nitriles is 1. The predicted octanol–water partition coefficient (Wildman–Crippen LogP) is 5.03. The molecule has 0 unspecified atom stereocenters. The van der Waals surface area contributed by atoms with Crippen LogP contribution in [0.1, 0.15) is 16.7 Å². The van der Waals surface area contributed by atoms with Crippen LogP contribution >= 0.6 is 11.3 Å². The summed E-state index contributed by atoms with van der Waals surface area (Å²) in [5, 5.41) is 11.7. The van der Waals surface area contributed by atoms with Gasteiger partial charge in [0.05, 0.1) is 17.2 Å². The maximum absolute atomic E-state index is 9.48. The van der Waals surface area contributed by atoms with Crippen molar-refractivity contribution in [2.24, 2.45) is 7.05 Å². The first-order chi connectivity index (χ1) is 11.6. The van der Waals surface area contributed by atoms with E-state index in [-0.39, 0.29) is 0 Å². The molecule has 2 aromatic carbocycles. The fourth-order valence-corrected chi connectivity index (χ4v) is 4.74. The van der Waals surface area contributed by atoms with Gasteiger partial charge in [0.25, 0.3) is 0 Å². The number of nitrogens with zero attached hydrogens (tertiary/aromatic N) is 2. The lowest BCUT2D eigenvalue weighted by Gasteiger charge is -2.07. The number of rotatable bonds is 1. The van der Waals surface area contributed by atoms with Crippen LogP contribution in [0, 0.1) is 25.2 Å². The Labute approximate surface area is 145 Å². The summed E-state index contributed by atoms with van der Waals surface area (Å²) < 4.78 is 4.62. The van der Waals surface area contributed by atoms with Gasteiger partial charge in [0.2, 0.25) is 5.69 Å². The molecular weight excluding hydrogens is 312 g/mol. The van der Waals surface area contributed by atoms with Crippen molar-refractivity contribution in [2.45, 2.75) is 13.8 Å². The van der Waals surface area contributed by atoms with Crippen LogP contribution in [0.3, 0.4) is 0 Å². The summed E-state index contributed by atoms with van der Waals surface area (Å²) in [6.07, 6.45) is 2.15. The van der Waals surface area contributed by atoms with Gasteiger partial charge in [0, 0.05) is 31.8 Å². The lowest BCUT2D eigenvalue weighted by Crippen LogP contribution is -2.31. The molecule has 116 valence electrons. The predicted molar refractivity (Wildman–Crippen MR) is 100 cm³/mol. The SMILES string of the molecule is Cc1ccc(-c2c(C)ccc3c2sc2cccc(C#N)c23)[n+](C)c1. The first-order valence-electron chi connectivity index (χ1n) is 7.91. The fraction of sp³-hybridized carbons (Fsp3) is 0.143. The fourth-order valence-electron chi connectivity index (χ4n) is 3.41. The van der Waals surface area contributed by atoms with E-state index in [0.717, 1.165) is 10.9 Å². The van der Waals surface area contributed by atoms with E-state index < -0.39 is 0 Å². The molecule has 0 spiro atoms. The molecule has 0 aliphatic heterocycles. The molecule has 24 heavy (non-hydrogen) atoms. The number of thiophene rings is 1. The lowest BCUT2D eigenvalue weighted by molar-refractivity contribution is -0.660. The molecule has 0 saturated heterocycles. The van der Waals surface area contributed by atoms with Crippen molar-refractivity contribution in [2.75, 3.05) is 0 Å². The van der Waals surface area contributed by atoms with E-state index in [1.165, 1.54) is 37.2 Å². The topological polar surface area (TPSA) is 27.7 Å². The van der Waals surface area contributed by atoms with Gasteiger partial charge in [-0.05, 0) is 37.6 Å². The van der Waals surface area contributed by atoms with Gasteiger partial charge >= 0.3 is 0 Å². The first kappa shape index (κ1) is 14.9. The summed E-state index contributed by atoms with van der Waals surface area (Å²) in [6.45, 7) is 4.26. The van der Waals surface area contributed by atoms with E-state index in [0.29, 0.717) is 0 Å². The molecule has 2 nitrogen and oxygen atoms in total. The molecule has 0 amide bonds. The molecule has 0 radical (unpaired) electrons. The third-order valence-corrected chi connectivity index (χ3v) is 5.72. The number of benzene rings is 2. The third kappa shape index (κ3) is 2.11. The summed E-state index contributed by atoms with van der Waals surface area (Å²) in [4.78, 5) is 0. The minimum absolute atomic E-state index is 0.752. The Balaban J connectivity index is 2.17. The quantitative estimate of drug-likeness (QED) is 0.450. The Bertz CT molecular complexity index is 1150. The molecule has 0 N–H and O–H groups in total. The highest BCUT2D eigenvalue weighted by Gasteiger charge is 2.19. The van der Waals surface area contributed by atoms with Crippen molar-refractivity contribution in [3.05, 3.63) is 65.4 Å². The molecule has 3 heteroatoms. The zero-order chi connectivity index (χ0) is 16.8. The van der Waals surface area contributed by atoms with Crippen molar-refractivity contribution >= 4 is 31.5 Å². The second-order valence-corrected chi connectivity index (χ2v) is 7.28. The number of hydrogen-bond donors (Lipinski definition) is 0. The Morgan fingerprint density at radius 1 is 1.04 bits per heavy atom. The normalized spacial score (nSPS) is 11.1. The minimum Gasteiger partial charge on any atom is -0.201 e. The standard InChI is InChI=1S/C21H17N2S/c1-13-7-10-17(23(3)12-13)19-14(2)8-9-16-20-15(11-22)5-4-6-18(20)24-21(16)19/h4-10,12H,1-3H3/q+1. The van der Waals surface area contributed by atoms with Crippen LogP contribution in [-0.2, 0) is 7.05 Å². The molecular formula is C21H17N2S+. The molecule has 4 aromatic rings. The number of aryl methyl sites for hydroxylation is 3. The number of pyridine rings is 1. The van der Waals surface area contributed by atoms with Crippen LogP contribution in [-0.4, -0.2) is 0 Å². The van der Waals surface area contributed by atoms with Gasteiger partial charge < -0.3 is 0 Å². The average Bonchev–Trinajstić information content (AvgIpc) is 2.94. The van der Waals surface area contributed by atoms with E-state index in [2.05, 4.69) is 68.1 Å². The van der Waals surface area contributed by atoms with E-state index >= 15 is 0 Å². The van der Waals surface area contributed by atoms with Crippen molar-refractivity contribution in [1.82, 2.24) is 0 Å². The molecule has 0 aliphatic rings. The van der Waals surface area contributed by atoms with Gasteiger partial charge in [-0.1, -0.05) is 18.2 Å². The van der Waals surface area contributed by atoms with E-state index in [4.69, 9.17) is 0 Å². The molecule has 2 heterocycles. The Hall–Kier alpha value is -2.70. The van der Waals surface area contributed by atoms with Gasteiger partial charge in [0.1, 0.15) is 7.05 Å². The van der Waals surface area contributed by atoms with Crippen molar-refractivity contribution < 1.29 is 4.57 Å². The van der Waals surface area contributed by atoms with Crippen LogP contribution in [0.5, 0.6) is 0 Å². The maximum atomic E-state index is 9.48. The highest BCUT2D eigenvalue weighted by molar-refractivity contribution is 7.26. The maximum Gasteiger partial charge on any atom is 0.213 e. The Morgan fingerprint density at radius 3 is 2.62 bits per heavy atom. The molecule has 2 aromatic heterocycles. The molecule has 0 fully saturated rings. The summed E-state index contributed by atoms with van der Waals surface area (Å²) in [5.41, 5.74) is 5.72. The van der Waals surface area contributed by atoms with Gasteiger partial charge in [-0.25, -0.2) is 4.57 Å². The second kappa shape index (κ2) is 5.43. The lowest BCUT2D eigenvalue weighted by atomic mass is 9.99. The average molecular weight is 329 g/mol. The summed E-state index contributed by atoms with van der Waals surface area (Å²) >= 11 is 1.78.